The van der Waals surface area contributed by atoms with Crippen molar-refractivity contribution in [1.29, 1.82) is 0 Å². The lowest BCUT2D eigenvalue weighted by Gasteiger charge is -2.34. The van der Waals surface area contributed by atoms with Gasteiger partial charge in [-0.05, 0) is 37.3 Å². The molecule has 142 valence electrons. The van der Waals surface area contributed by atoms with E-state index in [1.807, 2.05) is 18.7 Å². The molecule has 6 nitrogen and oxygen atoms in total. The predicted octanol–water partition coefficient (Wildman–Crippen LogP) is 2.22. The Hall–Kier alpha value is -1.70. The Labute approximate surface area is 159 Å². The van der Waals surface area contributed by atoms with Crippen molar-refractivity contribution in [2.75, 3.05) is 32.8 Å². The quantitative estimate of drug-likeness (QED) is 0.805. The fourth-order valence-corrected chi connectivity index (χ4v) is 4.36. The number of morpholine rings is 1. The second-order valence-electron chi connectivity index (χ2n) is 6.76. The number of carbonyl (C=O) groups is 1. The number of hydrogen-bond donors (Lipinski definition) is 1. The summed E-state index contributed by atoms with van der Waals surface area (Å²) < 4.78 is 7.35. The molecule has 1 aliphatic heterocycles. The maximum absolute atomic E-state index is 12.4. The van der Waals surface area contributed by atoms with Gasteiger partial charge in [-0.15, -0.1) is 11.3 Å². The number of ether oxygens (including phenoxy) is 1. The normalized spacial score (nSPS) is 16.6. The predicted molar refractivity (Wildman–Crippen MR) is 103 cm³/mol. The molecular weight excluding hydrogens is 348 g/mol. The summed E-state index contributed by atoms with van der Waals surface area (Å²) in [5.74, 6) is 0.0995. The molecular formula is C19H28N4O2S. The Bertz CT molecular complexity index is 720. The molecule has 1 amide bonds. The monoisotopic (exact) mass is 376 g/mol. The molecule has 0 saturated carbocycles. The van der Waals surface area contributed by atoms with Gasteiger partial charge in [-0.3, -0.25) is 14.4 Å². The minimum absolute atomic E-state index is 0.0995. The largest absolute Gasteiger partial charge is 0.379 e. The van der Waals surface area contributed by atoms with Crippen LogP contribution in [0.3, 0.4) is 0 Å². The highest BCUT2D eigenvalue weighted by Crippen LogP contribution is 2.25. The van der Waals surface area contributed by atoms with Crippen LogP contribution in [0.1, 0.15) is 34.3 Å². The van der Waals surface area contributed by atoms with E-state index in [0.717, 1.165) is 44.1 Å². The van der Waals surface area contributed by atoms with E-state index in [1.54, 1.807) is 11.3 Å². The van der Waals surface area contributed by atoms with Gasteiger partial charge in [-0.25, -0.2) is 0 Å². The maximum atomic E-state index is 12.4. The minimum Gasteiger partial charge on any atom is -0.379 e. The molecule has 0 spiro atoms. The van der Waals surface area contributed by atoms with Crippen molar-refractivity contribution >= 4 is 17.2 Å². The molecule has 3 heterocycles. The molecule has 0 aromatic carbocycles. The number of nitrogens with zero attached hydrogens (tertiary/aromatic N) is 3. The van der Waals surface area contributed by atoms with Crippen molar-refractivity contribution in [1.82, 2.24) is 20.0 Å². The van der Waals surface area contributed by atoms with Crippen molar-refractivity contribution in [2.24, 2.45) is 7.05 Å². The number of thiophene rings is 1. The lowest BCUT2D eigenvalue weighted by molar-refractivity contribution is -0.121. The zero-order chi connectivity index (χ0) is 18.5. The van der Waals surface area contributed by atoms with Crippen molar-refractivity contribution in [2.45, 2.75) is 32.7 Å². The van der Waals surface area contributed by atoms with Crippen LogP contribution in [0.5, 0.6) is 0 Å². The molecule has 0 unspecified atom stereocenters. The fourth-order valence-electron chi connectivity index (χ4n) is 3.50. The lowest BCUT2D eigenvalue weighted by Crippen LogP contribution is -2.43. The van der Waals surface area contributed by atoms with Crippen LogP contribution in [0.2, 0.25) is 0 Å². The van der Waals surface area contributed by atoms with E-state index in [9.17, 15) is 4.79 Å². The van der Waals surface area contributed by atoms with Gasteiger partial charge in [0.05, 0.1) is 24.9 Å². The van der Waals surface area contributed by atoms with Crippen molar-refractivity contribution in [3.05, 3.63) is 39.3 Å². The average molecular weight is 377 g/mol. The summed E-state index contributed by atoms with van der Waals surface area (Å²) in [5.41, 5.74) is 3.34. The van der Waals surface area contributed by atoms with Crippen LogP contribution in [0.25, 0.3) is 0 Å². The Morgan fingerprint density at radius 1 is 1.38 bits per heavy atom. The number of nitrogens with one attached hydrogen (secondary N) is 1. The van der Waals surface area contributed by atoms with Crippen molar-refractivity contribution < 1.29 is 9.53 Å². The molecule has 26 heavy (non-hydrogen) atoms. The van der Waals surface area contributed by atoms with Crippen molar-refractivity contribution in [3.8, 4) is 0 Å². The molecule has 7 heteroatoms. The number of carbonyl (C=O) groups excluding carboxylic acids is 1. The Kier molecular flexibility index (Phi) is 6.45. The van der Waals surface area contributed by atoms with E-state index >= 15 is 0 Å². The first-order valence-corrected chi connectivity index (χ1v) is 10.0. The third-order valence-electron chi connectivity index (χ3n) is 5.11. The first kappa shape index (κ1) is 19.1. The van der Waals surface area contributed by atoms with Crippen LogP contribution in [-0.2, 0) is 23.0 Å². The number of amides is 1. The molecule has 0 aliphatic carbocycles. The SMILES string of the molecule is Cc1nn(C)c(C)c1CCC(=O)NC[C@@H](c1cccs1)N1CCOCC1. The van der Waals surface area contributed by atoms with E-state index in [0.29, 0.717) is 13.0 Å². The molecule has 1 atom stereocenters. The summed E-state index contributed by atoms with van der Waals surface area (Å²) in [7, 11) is 1.94. The van der Waals surface area contributed by atoms with Gasteiger partial charge in [0.15, 0.2) is 0 Å². The fraction of sp³-hybridized carbons (Fsp3) is 0.579. The molecule has 0 bridgehead atoms. The van der Waals surface area contributed by atoms with Gasteiger partial charge in [0.25, 0.3) is 0 Å². The summed E-state index contributed by atoms with van der Waals surface area (Å²) in [6, 6.07) is 4.45. The summed E-state index contributed by atoms with van der Waals surface area (Å²) in [6.07, 6.45) is 1.23. The van der Waals surface area contributed by atoms with Crippen LogP contribution >= 0.6 is 11.3 Å². The number of aryl methyl sites for hydroxylation is 2. The first-order valence-electron chi connectivity index (χ1n) is 9.17. The van der Waals surface area contributed by atoms with Gasteiger partial charge in [0.1, 0.15) is 0 Å². The molecule has 0 radical (unpaired) electrons. The van der Waals surface area contributed by atoms with Gasteiger partial charge in [0.2, 0.25) is 5.91 Å². The van der Waals surface area contributed by atoms with E-state index < -0.39 is 0 Å². The van der Waals surface area contributed by atoms with Crippen LogP contribution < -0.4 is 5.32 Å². The molecule has 1 saturated heterocycles. The summed E-state index contributed by atoms with van der Waals surface area (Å²) >= 11 is 1.75. The van der Waals surface area contributed by atoms with Crippen LogP contribution in [0.15, 0.2) is 17.5 Å². The van der Waals surface area contributed by atoms with Gasteiger partial charge in [-0.1, -0.05) is 6.07 Å². The highest BCUT2D eigenvalue weighted by Gasteiger charge is 2.24. The van der Waals surface area contributed by atoms with Crippen LogP contribution in [0, 0.1) is 13.8 Å². The number of rotatable bonds is 7. The molecule has 1 N–H and O–H groups in total. The number of aromatic nitrogens is 2. The second kappa shape index (κ2) is 8.79. The maximum Gasteiger partial charge on any atom is 0.220 e. The standard InChI is InChI=1S/C19H28N4O2S/c1-14-16(15(2)22(3)21-14)6-7-19(24)20-13-17(18-5-4-12-26-18)23-8-10-25-11-9-23/h4-5,12,17H,6-11,13H2,1-3H3,(H,20,24)/t17-/m0/s1. The van der Waals surface area contributed by atoms with Crippen molar-refractivity contribution in [3.63, 3.8) is 0 Å². The van der Waals surface area contributed by atoms with Crippen LogP contribution in [-0.4, -0.2) is 53.4 Å². The Balaban J connectivity index is 1.55. The molecule has 2 aromatic rings. The topological polar surface area (TPSA) is 59.4 Å². The van der Waals surface area contributed by atoms with E-state index in [-0.39, 0.29) is 11.9 Å². The molecule has 2 aromatic heterocycles. The highest BCUT2D eigenvalue weighted by atomic mass is 32.1. The summed E-state index contributed by atoms with van der Waals surface area (Å²) in [5, 5.41) is 9.66. The molecule has 3 rings (SSSR count). The van der Waals surface area contributed by atoms with E-state index in [1.165, 1.54) is 10.4 Å². The minimum atomic E-state index is 0.0995. The highest BCUT2D eigenvalue weighted by molar-refractivity contribution is 7.10. The lowest BCUT2D eigenvalue weighted by atomic mass is 10.1. The van der Waals surface area contributed by atoms with E-state index in [2.05, 4.69) is 39.8 Å². The molecule has 1 fully saturated rings. The zero-order valence-corrected chi connectivity index (χ0v) is 16.6. The first-order chi connectivity index (χ1) is 12.6. The third-order valence-corrected chi connectivity index (χ3v) is 6.09. The van der Waals surface area contributed by atoms with E-state index in [4.69, 9.17) is 4.74 Å². The second-order valence-corrected chi connectivity index (χ2v) is 7.74. The average Bonchev–Trinajstić information content (AvgIpc) is 3.24. The van der Waals surface area contributed by atoms with Gasteiger partial charge in [0, 0.05) is 43.7 Å². The Morgan fingerprint density at radius 2 is 2.15 bits per heavy atom. The van der Waals surface area contributed by atoms with Gasteiger partial charge in [-0.2, -0.15) is 5.10 Å². The Morgan fingerprint density at radius 3 is 2.77 bits per heavy atom. The van der Waals surface area contributed by atoms with Gasteiger partial charge < -0.3 is 10.1 Å². The summed E-state index contributed by atoms with van der Waals surface area (Å²) in [4.78, 5) is 16.1. The molecule has 1 aliphatic rings. The zero-order valence-electron chi connectivity index (χ0n) is 15.8. The van der Waals surface area contributed by atoms with Gasteiger partial charge >= 0.3 is 0 Å². The smallest absolute Gasteiger partial charge is 0.220 e. The third kappa shape index (κ3) is 4.52. The van der Waals surface area contributed by atoms with Crippen LogP contribution in [0.4, 0.5) is 0 Å². The summed E-state index contributed by atoms with van der Waals surface area (Å²) in [6.45, 7) is 8.04. The number of hydrogen-bond acceptors (Lipinski definition) is 5.